The lowest BCUT2D eigenvalue weighted by Gasteiger charge is -2.26. The van der Waals surface area contributed by atoms with Gasteiger partial charge in [0.05, 0.1) is 0 Å². The van der Waals surface area contributed by atoms with Gasteiger partial charge in [0.2, 0.25) is 0 Å². The molecule has 2 aliphatic heterocycles. The van der Waals surface area contributed by atoms with Gasteiger partial charge in [-0.1, -0.05) is 0 Å². The molecule has 0 amide bonds. The average Bonchev–Trinajstić information content (AvgIpc) is 2.70. The topological polar surface area (TPSA) is 45.4 Å². The van der Waals surface area contributed by atoms with E-state index in [2.05, 4.69) is 14.8 Å². The van der Waals surface area contributed by atoms with Crippen molar-refractivity contribution >= 4 is 11.5 Å². The van der Waals surface area contributed by atoms with Gasteiger partial charge >= 0.3 is 0 Å². The van der Waals surface area contributed by atoms with E-state index in [9.17, 15) is 0 Å². The molecule has 1 aromatic heterocycles. The maximum absolute atomic E-state index is 6.00. The first kappa shape index (κ1) is 11.8. The zero-order valence-electron chi connectivity index (χ0n) is 11.1. The molecular formula is C14H22N4. The second-order valence-corrected chi connectivity index (χ2v) is 5.53. The Morgan fingerprint density at radius 3 is 2.94 bits per heavy atom. The fourth-order valence-electron chi connectivity index (χ4n) is 3.12. The molecule has 18 heavy (non-hydrogen) atoms. The SMILES string of the molecule is Cc1cnc(N2CCCN3CCCC3C2)cc1N. The van der Waals surface area contributed by atoms with Gasteiger partial charge < -0.3 is 10.6 Å². The molecule has 1 atom stereocenters. The van der Waals surface area contributed by atoms with Crippen molar-refractivity contribution in [3.05, 3.63) is 17.8 Å². The molecule has 0 spiro atoms. The van der Waals surface area contributed by atoms with E-state index < -0.39 is 0 Å². The van der Waals surface area contributed by atoms with Crippen LogP contribution in [0.5, 0.6) is 0 Å². The van der Waals surface area contributed by atoms with Crippen molar-refractivity contribution in [2.45, 2.75) is 32.2 Å². The van der Waals surface area contributed by atoms with Crippen LogP contribution in [-0.4, -0.2) is 42.1 Å². The summed E-state index contributed by atoms with van der Waals surface area (Å²) < 4.78 is 0. The molecule has 98 valence electrons. The van der Waals surface area contributed by atoms with Crippen LogP contribution in [0.1, 0.15) is 24.8 Å². The van der Waals surface area contributed by atoms with Gasteiger partial charge in [0, 0.05) is 43.6 Å². The largest absolute Gasteiger partial charge is 0.398 e. The van der Waals surface area contributed by atoms with Crippen molar-refractivity contribution in [2.24, 2.45) is 0 Å². The highest BCUT2D eigenvalue weighted by atomic mass is 15.3. The Morgan fingerprint density at radius 1 is 1.28 bits per heavy atom. The van der Waals surface area contributed by atoms with Gasteiger partial charge in [-0.25, -0.2) is 4.98 Å². The lowest BCUT2D eigenvalue weighted by Crippen LogP contribution is -2.37. The van der Waals surface area contributed by atoms with Crippen molar-refractivity contribution < 1.29 is 0 Å². The van der Waals surface area contributed by atoms with E-state index in [-0.39, 0.29) is 0 Å². The Kier molecular flexibility index (Phi) is 3.12. The third-order valence-corrected chi connectivity index (χ3v) is 4.26. The molecule has 1 unspecified atom stereocenters. The first-order chi connectivity index (χ1) is 8.74. The summed E-state index contributed by atoms with van der Waals surface area (Å²) in [6, 6.07) is 2.75. The summed E-state index contributed by atoms with van der Waals surface area (Å²) in [4.78, 5) is 9.59. The van der Waals surface area contributed by atoms with Crippen molar-refractivity contribution in [2.75, 3.05) is 36.8 Å². The zero-order valence-corrected chi connectivity index (χ0v) is 11.1. The lowest BCUT2D eigenvalue weighted by atomic mass is 10.2. The van der Waals surface area contributed by atoms with Crippen molar-refractivity contribution in [1.29, 1.82) is 0 Å². The molecule has 2 saturated heterocycles. The van der Waals surface area contributed by atoms with Crippen LogP contribution in [0.15, 0.2) is 12.3 Å². The van der Waals surface area contributed by atoms with Crippen LogP contribution >= 0.6 is 0 Å². The maximum atomic E-state index is 6.00. The van der Waals surface area contributed by atoms with E-state index in [1.54, 1.807) is 0 Å². The summed E-state index contributed by atoms with van der Waals surface area (Å²) >= 11 is 0. The molecule has 0 radical (unpaired) electrons. The number of fused-ring (bicyclic) bond motifs is 1. The molecule has 0 aliphatic carbocycles. The second-order valence-electron chi connectivity index (χ2n) is 5.53. The first-order valence-electron chi connectivity index (χ1n) is 6.95. The minimum Gasteiger partial charge on any atom is -0.398 e. The fraction of sp³-hybridized carbons (Fsp3) is 0.643. The highest BCUT2D eigenvalue weighted by Gasteiger charge is 2.29. The van der Waals surface area contributed by atoms with Crippen LogP contribution in [0.4, 0.5) is 11.5 Å². The van der Waals surface area contributed by atoms with Crippen LogP contribution in [0.3, 0.4) is 0 Å². The third kappa shape index (κ3) is 2.17. The maximum Gasteiger partial charge on any atom is 0.130 e. The number of nitrogens with two attached hydrogens (primary N) is 1. The second kappa shape index (κ2) is 4.76. The molecule has 2 N–H and O–H groups in total. The standard InChI is InChI=1S/C14H22N4/c1-11-9-16-14(8-13(11)15)18-7-3-6-17-5-2-4-12(17)10-18/h8-9,12H,2-7,10H2,1H3,(H2,15,16). The van der Waals surface area contributed by atoms with Crippen LogP contribution in [0.25, 0.3) is 0 Å². The van der Waals surface area contributed by atoms with Gasteiger partial charge in [0.25, 0.3) is 0 Å². The van der Waals surface area contributed by atoms with Crippen LogP contribution in [-0.2, 0) is 0 Å². The molecule has 0 bridgehead atoms. The number of nitrogen functional groups attached to an aromatic ring is 1. The summed E-state index contributed by atoms with van der Waals surface area (Å²) in [5, 5.41) is 0. The van der Waals surface area contributed by atoms with Gasteiger partial charge in [-0.05, 0) is 38.3 Å². The van der Waals surface area contributed by atoms with Gasteiger partial charge in [-0.2, -0.15) is 0 Å². The van der Waals surface area contributed by atoms with E-state index in [0.29, 0.717) is 0 Å². The monoisotopic (exact) mass is 246 g/mol. The highest BCUT2D eigenvalue weighted by molar-refractivity contribution is 5.54. The predicted molar refractivity (Wildman–Crippen MR) is 74.8 cm³/mol. The quantitative estimate of drug-likeness (QED) is 0.818. The van der Waals surface area contributed by atoms with Gasteiger partial charge in [-0.15, -0.1) is 0 Å². The van der Waals surface area contributed by atoms with Crippen molar-refractivity contribution in [3.63, 3.8) is 0 Å². The Bertz CT molecular complexity index is 432. The van der Waals surface area contributed by atoms with Crippen LogP contribution in [0.2, 0.25) is 0 Å². The summed E-state index contributed by atoms with van der Waals surface area (Å²) in [6.45, 7) is 6.73. The number of pyridine rings is 1. The molecule has 0 saturated carbocycles. The number of rotatable bonds is 1. The predicted octanol–water partition coefficient (Wildman–Crippen LogP) is 1.65. The molecule has 1 aromatic rings. The minimum absolute atomic E-state index is 0.719. The number of aryl methyl sites for hydroxylation is 1. The van der Waals surface area contributed by atoms with E-state index in [0.717, 1.165) is 36.2 Å². The Hall–Kier alpha value is -1.29. The van der Waals surface area contributed by atoms with E-state index in [1.165, 1.54) is 32.4 Å². The summed E-state index contributed by atoms with van der Waals surface area (Å²) in [5.41, 5.74) is 7.92. The lowest BCUT2D eigenvalue weighted by molar-refractivity contribution is 0.273. The molecule has 4 heteroatoms. The first-order valence-corrected chi connectivity index (χ1v) is 6.95. The summed E-state index contributed by atoms with van der Waals surface area (Å²) in [5.74, 6) is 1.05. The van der Waals surface area contributed by atoms with Crippen molar-refractivity contribution in [3.8, 4) is 0 Å². The highest BCUT2D eigenvalue weighted by Crippen LogP contribution is 2.25. The Labute approximate surface area is 109 Å². The van der Waals surface area contributed by atoms with E-state index >= 15 is 0 Å². The number of hydrogen-bond donors (Lipinski definition) is 1. The molecular weight excluding hydrogens is 224 g/mol. The molecule has 3 rings (SSSR count). The van der Waals surface area contributed by atoms with Gasteiger partial charge in [-0.3, -0.25) is 4.90 Å². The number of anilines is 2. The van der Waals surface area contributed by atoms with Gasteiger partial charge in [0.1, 0.15) is 5.82 Å². The Morgan fingerprint density at radius 2 is 2.11 bits per heavy atom. The summed E-state index contributed by atoms with van der Waals surface area (Å²) in [7, 11) is 0. The average molecular weight is 246 g/mol. The number of nitrogens with zero attached hydrogens (tertiary/aromatic N) is 3. The molecule has 2 aliphatic rings. The minimum atomic E-state index is 0.719. The fourth-order valence-corrected chi connectivity index (χ4v) is 3.12. The molecule has 2 fully saturated rings. The smallest absolute Gasteiger partial charge is 0.130 e. The Balaban J connectivity index is 1.80. The molecule has 0 aromatic carbocycles. The molecule has 3 heterocycles. The van der Waals surface area contributed by atoms with E-state index in [1.807, 2.05) is 19.2 Å². The van der Waals surface area contributed by atoms with Crippen LogP contribution in [0, 0.1) is 6.92 Å². The normalized spacial score (nSPS) is 24.9. The van der Waals surface area contributed by atoms with Gasteiger partial charge in [0.15, 0.2) is 0 Å². The van der Waals surface area contributed by atoms with Crippen LogP contribution < -0.4 is 10.6 Å². The van der Waals surface area contributed by atoms with Crippen molar-refractivity contribution in [1.82, 2.24) is 9.88 Å². The third-order valence-electron chi connectivity index (χ3n) is 4.26. The van der Waals surface area contributed by atoms with E-state index in [4.69, 9.17) is 5.73 Å². The zero-order chi connectivity index (χ0) is 12.5. The number of hydrogen-bond acceptors (Lipinski definition) is 4. The summed E-state index contributed by atoms with van der Waals surface area (Å²) in [6.07, 6.45) is 5.80. The number of aromatic nitrogens is 1. The molecule has 4 nitrogen and oxygen atoms in total.